The van der Waals surface area contributed by atoms with Gasteiger partial charge in [0.25, 0.3) is 5.56 Å². The number of benzene rings is 4. The van der Waals surface area contributed by atoms with E-state index >= 15 is 0 Å². The molecule has 150 valence electrons. The number of aromatic amines is 1. The fourth-order valence-electron chi connectivity index (χ4n) is 3.95. The van der Waals surface area contributed by atoms with Gasteiger partial charge in [0, 0.05) is 16.8 Å². The molecule has 0 aliphatic heterocycles. The number of hydrogen-bond acceptors (Lipinski definition) is 4. The summed E-state index contributed by atoms with van der Waals surface area (Å²) in [5, 5.41) is 6.32. The summed E-state index contributed by atoms with van der Waals surface area (Å²) >= 11 is 0. The summed E-state index contributed by atoms with van der Waals surface area (Å²) in [5.74, 6) is 0.296. The standard InChI is InChI=1S/C25H16NO4P/c27-22-10-5-11-23(26-22)30-31-28-20-14-12-16-6-1-3-8-18(16)24(20)25-19-9-4-2-7-17(19)13-15-21(25)29-31/h1-15H,(H,26,27). The minimum absolute atomic E-state index is 0.250. The summed E-state index contributed by atoms with van der Waals surface area (Å²) in [4.78, 5) is 14.3. The molecule has 0 aliphatic rings. The van der Waals surface area contributed by atoms with Crippen LogP contribution in [0.3, 0.4) is 0 Å². The molecule has 0 bridgehead atoms. The number of H-pyrrole nitrogens is 1. The normalized spacial score (nSPS) is 11.4. The maximum atomic E-state index is 11.7. The Morgan fingerprint density at radius 2 is 1.23 bits per heavy atom. The van der Waals surface area contributed by atoms with Gasteiger partial charge in [-0.25, -0.2) is 0 Å². The molecule has 0 atom stereocenters. The van der Waals surface area contributed by atoms with Gasteiger partial charge >= 0.3 is 8.24 Å². The second-order valence-electron chi connectivity index (χ2n) is 7.20. The molecule has 0 unspecified atom stereocenters. The van der Waals surface area contributed by atoms with Gasteiger partial charge in [-0.2, -0.15) is 0 Å². The van der Waals surface area contributed by atoms with Crippen LogP contribution in [0.15, 0.2) is 104 Å². The van der Waals surface area contributed by atoms with E-state index in [0.717, 1.165) is 32.3 Å². The largest absolute Gasteiger partial charge is 0.454 e. The van der Waals surface area contributed by atoms with Gasteiger partial charge < -0.3 is 12.9 Å². The maximum Gasteiger partial charge on any atom is 0.454 e. The molecule has 4 aromatic carbocycles. The molecule has 6 heteroatoms. The molecular weight excluding hydrogens is 409 g/mol. The van der Waals surface area contributed by atoms with Gasteiger partial charge in [-0.05, 0) is 39.7 Å². The number of aromatic nitrogens is 1. The summed E-state index contributed by atoms with van der Waals surface area (Å²) in [6.07, 6.45) is 0. The van der Waals surface area contributed by atoms with Crippen molar-refractivity contribution in [3.8, 4) is 5.88 Å². The molecule has 0 saturated heterocycles. The molecule has 0 saturated carbocycles. The van der Waals surface area contributed by atoms with Gasteiger partial charge in [-0.3, -0.25) is 9.78 Å². The van der Waals surface area contributed by atoms with Crippen molar-refractivity contribution >= 4 is 51.7 Å². The van der Waals surface area contributed by atoms with Crippen LogP contribution in [-0.2, 0) is 0 Å². The third-order valence-electron chi connectivity index (χ3n) is 5.29. The number of fused-ring (bicyclic) bond motifs is 7. The lowest BCUT2D eigenvalue weighted by Gasteiger charge is -2.05. The summed E-state index contributed by atoms with van der Waals surface area (Å²) < 4.78 is 18.4. The van der Waals surface area contributed by atoms with Crippen LogP contribution in [0.5, 0.6) is 5.88 Å². The highest BCUT2D eigenvalue weighted by atomic mass is 31.1. The van der Waals surface area contributed by atoms with E-state index in [-0.39, 0.29) is 5.56 Å². The Bertz CT molecular complexity index is 1600. The van der Waals surface area contributed by atoms with Gasteiger partial charge in [0.05, 0.1) is 0 Å². The molecule has 0 radical (unpaired) electrons. The van der Waals surface area contributed by atoms with Crippen molar-refractivity contribution in [2.45, 2.75) is 0 Å². The highest BCUT2D eigenvalue weighted by Gasteiger charge is 2.14. The van der Waals surface area contributed by atoms with Crippen molar-refractivity contribution in [2.75, 3.05) is 0 Å². The molecule has 5 nitrogen and oxygen atoms in total. The van der Waals surface area contributed by atoms with Crippen molar-refractivity contribution in [2.24, 2.45) is 0 Å². The predicted octanol–water partition coefficient (Wildman–Crippen LogP) is 7.13. The number of hydrogen-bond donors (Lipinski definition) is 1. The minimum Gasteiger partial charge on any atom is -0.390 e. The molecule has 0 spiro atoms. The van der Waals surface area contributed by atoms with E-state index in [1.54, 1.807) is 12.1 Å². The van der Waals surface area contributed by atoms with Crippen LogP contribution in [0.2, 0.25) is 0 Å². The summed E-state index contributed by atoms with van der Waals surface area (Å²) in [6.45, 7) is 0. The highest BCUT2D eigenvalue weighted by Crippen LogP contribution is 2.41. The smallest absolute Gasteiger partial charge is 0.390 e. The lowest BCUT2D eigenvalue weighted by atomic mass is 9.99. The maximum absolute atomic E-state index is 11.7. The SMILES string of the molecule is O=c1cccc(Op2oc3ccc4ccccc4c3c3c(ccc4ccccc43)o2)[nH]1. The van der Waals surface area contributed by atoms with Crippen LogP contribution in [0.25, 0.3) is 43.5 Å². The first-order valence-corrected chi connectivity index (χ1v) is 10.9. The van der Waals surface area contributed by atoms with E-state index in [1.165, 1.54) is 6.07 Å². The molecular formula is C25H16NO4P. The monoisotopic (exact) mass is 425 g/mol. The minimum atomic E-state index is -1.84. The molecule has 6 rings (SSSR count). The fourth-order valence-corrected chi connectivity index (χ4v) is 4.95. The van der Waals surface area contributed by atoms with Crippen LogP contribution in [0.1, 0.15) is 0 Å². The first kappa shape index (κ1) is 17.9. The summed E-state index contributed by atoms with van der Waals surface area (Å²) in [7, 11) is -1.84. The Hall–Kier alpha value is -3.95. The Morgan fingerprint density at radius 1 is 0.645 bits per heavy atom. The Kier molecular flexibility index (Phi) is 4.08. The van der Waals surface area contributed by atoms with Gasteiger partial charge in [0.1, 0.15) is 11.2 Å². The van der Waals surface area contributed by atoms with E-state index in [1.807, 2.05) is 48.5 Å². The van der Waals surface area contributed by atoms with Gasteiger partial charge in [0.15, 0.2) is 0 Å². The van der Waals surface area contributed by atoms with E-state index in [4.69, 9.17) is 12.9 Å². The van der Waals surface area contributed by atoms with Crippen molar-refractivity contribution < 1.29 is 12.9 Å². The lowest BCUT2D eigenvalue weighted by molar-refractivity contribution is 0.485. The zero-order valence-electron chi connectivity index (χ0n) is 16.2. The molecule has 2 aromatic heterocycles. The number of nitrogens with one attached hydrogen (secondary N) is 1. The van der Waals surface area contributed by atoms with Crippen molar-refractivity contribution in [3.63, 3.8) is 0 Å². The zero-order valence-corrected chi connectivity index (χ0v) is 17.1. The summed E-state index contributed by atoms with van der Waals surface area (Å²) in [6, 6.07) is 29.1. The quantitative estimate of drug-likeness (QED) is 0.320. The van der Waals surface area contributed by atoms with Crippen LogP contribution in [-0.4, -0.2) is 4.98 Å². The van der Waals surface area contributed by atoms with Gasteiger partial charge in [0.2, 0.25) is 5.88 Å². The lowest BCUT2D eigenvalue weighted by Crippen LogP contribution is -2.02. The van der Waals surface area contributed by atoms with Crippen LogP contribution in [0.4, 0.5) is 0 Å². The van der Waals surface area contributed by atoms with E-state index in [2.05, 4.69) is 29.2 Å². The van der Waals surface area contributed by atoms with E-state index in [0.29, 0.717) is 17.0 Å². The van der Waals surface area contributed by atoms with Gasteiger partial charge in [-0.15, -0.1) is 0 Å². The zero-order chi connectivity index (χ0) is 20.8. The molecule has 0 amide bonds. The first-order chi connectivity index (χ1) is 15.3. The third-order valence-corrected chi connectivity index (χ3v) is 6.33. The van der Waals surface area contributed by atoms with E-state index < -0.39 is 8.24 Å². The highest BCUT2D eigenvalue weighted by molar-refractivity contribution is 7.32. The second-order valence-corrected chi connectivity index (χ2v) is 8.19. The molecule has 1 N–H and O–H groups in total. The van der Waals surface area contributed by atoms with Crippen LogP contribution in [0, 0.1) is 0 Å². The van der Waals surface area contributed by atoms with Crippen molar-refractivity contribution in [1.29, 1.82) is 0 Å². The fraction of sp³-hybridized carbons (Fsp3) is 0. The average Bonchev–Trinajstić information content (AvgIpc) is 2.95. The average molecular weight is 425 g/mol. The van der Waals surface area contributed by atoms with Crippen molar-refractivity contribution in [3.05, 3.63) is 101 Å². The third kappa shape index (κ3) is 3.07. The van der Waals surface area contributed by atoms with Crippen LogP contribution >= 0.6 is 8.24 Å². The molecule has 0 fully saturated rings. The van der Waals surface area contributed by atoms with Gasteiger partial charge in [-0.1, -0.05) is 66.7 Å². The predicted molar refractivity (Wildman–Crippen MR) is 124 cm³/mol. The topological polar surface area (TPSA) is 68.4 Å². The molecule has 0 aliphatic carbocycles. The Labute approximate surface area is 177 Å². The first-order valence-electron chi connectivity index (χ1n) is 9.83. The molecule has 2 heterocycles. The molecule has 6 aromatic rings. The Morgan fingerprint density at radius 3 is 1.81 bits per heavy atom. The Balaban J connectivity index is 1.79. The van der Waals surface area contributed by atoms with Crippen LogP contribution < -0.4 is 10.1 Å². The second kappa shape index (κ2) is 7.08. The van der Waals surface area contributed by atoms with E-state index in [9.17, 15) is 4.79 Å². The van der Waals surface area contributed by atoms with Crippen molar-refractivity contribution in [1.82, 2.24) is 4.98 Å². The summed E-state index contributed by atoms with van der Waals surface area (Å²) in [5.41, 5.74) is 1.11. The number of pyridine rings is 1. The molecule has 31 heavy (non-hydrogen) atoms. The number of rotatable bonds is 2.